The standard InChI is InChI=1S/C10H17N3O4S2/c1-3-7-12-19(16,17)13-9-5-4-6-10(8(9)2)18(11,14)15/h4-6,12-13H,3,7H2,1-2H3,(H2,11,14,15). The molecule has 1 aromatic rings. The molecule has 0 aliphatic carbocycles. The average molecular weight is 307 g/mol. The van der Waals surface area contributed by atoms with Crippen LogP contribution < -0.4 is 14.6 Å². The van der Waals surface area contributed by atoms with Crippen LogP contribution >= 0.6 is 0 Å². The number of nitrogens with one attached hydrogen (secondary N) is 2. The normalized spacial score (nSPS) is 12.4. The highest BCUT2D eigenvalue weighted by Crippen LogP contribution is 2.22. The molecule has 0 aromatic heterocycles. The van der Waals surface area contributed by atoms with E-state index in [-0.39, 0.29) is 16.1 Å². The third-order valence-electron chi connectivity index (χ3n) is 2.38. The zero-order chi connectivity index (χ0) is 14.7. The Morgan fingerprint density at radius 1 is 1.21 bits per heavy atom. The molecule has 0 spiro atoms. The Morgan fingerprint density at radius 3 is 2.37 bits per heavy atom. The number of sulfonamides is 1. The Bertz CT molecular complexity index is 653. The second-order valence-electron chi connectivity index (χ2n) is 3.97. The summed E-state index contributed by atoms with van der Waals surface area (Å²) in [5, 5.41) is 5.05. The Balaban J connectivity index is 3.11. The molecule has 1 rings (SSSR count). The van der Waals surface area contributed by atoms with Gasteiger partial charge in [0.15, 0.2) is 0 Å². The lowest BCUT2D eigenvalue weighted by Gasteiger charge is -2.13. The second-order valence-corrected chi connectivity index (χ2v) is 7.00. The molecule has 0 radical (unpaired) electrons. The highest BCUT2D eigenvalue weighted by molar-refractivity contribution is 7.90. The van der Waals surface area contributed by atoms with Crippen molar-refractivity contribution in [3.8, 4) is 0 Å². The molecule has 7 nitrogen and oxygen atoms in total. The van der Waals surface area contributed by atoms with Crippen molar-refractivity contribution in [2.24, 2.45) is 5.14 Å². The molecule has 0 bridgehead atoms. The van der Waals surface area contributed by atoms with Crippen LogP contribution in [0.3, 0.4) is 0 Å². The van der Waals surface area contributed by atoms with E-state index in [2.05, 4.69) is 9.44 Å². The van der Waals surface area contributed by atoms with E-state index in [1.807, 2.05) is 6.92 Å². The van der Waals surface area contributed by atoms with Crippen LogP contribution in [0.15, 0.2) is 23.1 Å². The van der Waals surface area contributed by atoms with Crippen molar-refractivity contribution < 1.29 is 16.8 Å². The van der Waals surface area contributed by atoms with Gasteiger partial charge in [-0.3, -0.25) is 4.72 Å². The first kappa shape index (κ1) is 15.9. The number of hydrogen-bond donors (Lipinski definition) is 3. The zero-order valence-electron chi connectivity index (χ0n) is 10.7. The van der Waals surface area contributed by atoms with Gasteiger partial charge in [-0.1, -0.05) is 13.0 Å². The van der Waals surface area contributed by atoms with Gasteiger partial charge in [-0.15, -0.1) is 0 Å². The molecule has 0 aliphatic rings. The van der Waals surface area contributed by atoms with Gasteiger partial charge in [0.25, 0.3) is 10.2 Å². The van der Waals surface area contributed by atoms with Crippen LogP contribution in [0.2, 0.25) is 0 Å². The minimum absolute atomic E-state index is 0.108. The first-order valence-corrected chi connectivity index (χ1v) is 8.60. The molecule has 0 aliphatic heterocycles. The lowest BCUT2D eigenvalue weighted by atomic mass is 10.2. The van der Waals surface area contributed by atoms with Gasteiger partial charge in [0.2, 0.25) is 10.0 Å². The van der Waals surface area contributed by atoms with E-state index in [1.54, 1.807) is 0 Å². The summed E-state index contributed by atoms with van der Waals surface area (Å²) in [5.41, 5.74) is 0.432. The fourth-order valence-corrected chi connectivity index (χ4v) is 3.31. The van der Waals surface area contributed by atoms with Gasteiger partial charge in [0, 0.05) is 6.54 Å². The highest BCUT2D eigenvalue weighted by atomic mass is 32.2. The van der Waals surface area contributed by atoms with Crippen LogP contribution in [-0.2, 0) is 20.2 Å². The average Bonchev–Trinajstić information content (AvgIpc) is 2.27. The quantitative estimate of drug-likeness (QED) is 0.700. The second kappa shape index (κ2) is 5.87. The van der Waals surface area contributed by atoms with E-state index in [9.17, 15) is 16.8 Å². The predicted octanol–water partition coefficient (Wildman–Crippen LogP) is 0.299. The number of hydrogen-bond acceptors (Lipinski definition) is 4. The fraction of sp³-hybridized carbons (Fsp3) is 0.400. The SMILES string of the molecule is CCCNS(=O)(=O)Nc1cccc(S(N)(=O)=O)c1C. The Labute approximate surface area is 113 Å². The number of nitrogens with two attached hydrogens (primary N) is 1. The lowest BCUT2D eigenvalue weighted by molar-refractivity contribution is 0.585. The molecule has 9 heteroatoms. The van der Waals surface area contributed by atoms with Crippen LogP contribution in [0.25, 0.3) is 0 Å². The van der Waals surface area contributed by atoms with Gasteiger partial charge in [-0.2, -0.15) is 13.1 Å². The first-order chi connectivity index (χ1) is 8.67. The topological polar surface area (TPSA) is 118 Å². The van der Waals surface area contributed by atoms with Crippen molar-refractivity contribution in [2.75, 3.05) is 11.3 Å². The van der Waals surface area contributed by atoms with Gasteiger partial charge in [-0.25, -0.2) is 13.6 Å². The molecule has 4 N–H and O–H groups in total. The monoisotopic (exact) mass is 307 g/mol. The zero-order valence-corrected chi connectivity index (χ0v) is 12.3. The van der Waals surface area contributed by atoms with Gasteiger partial charge in [0.05, 0.1) is 10.6 Å². The van der Waals surface area contributed by atoms with Crippen molar-refractivity contribution in [2.45, 2.75) is 25.2 Å². The summed E-state index contributed by atoms with van der Waals surface area (Å²) in [6, 6.07) is 4.21. The summed E-state index contributed by atoms with van der Waals surface area (Å²) in [6.07, 6.45) is 0.650. The van der Waals surface area contributed by atoms with E-state index < -0.39 is 20.2 Å². The Morgan fingerprint density at radius 2 is 1.84 bits per heavy atom. The van der Waals surface area contributed by atoms with Crippen LogP contribution in [0.1, 0.15) is 18.9 Å². The summed E-state index contributed by atoms with van der Waals surface area (Å²) >= 11 is 0. The summed E-state index contributed by atoms with van der Waals surface area (Å²) in [7, 11) is -7.60. The van der Waals surface area contributed by atoms with E-state index in [4.69, 9.17) is 5.14 Å². The molecule has 0 saturated carbocycles. The Hall–Kier alpha value is -1.16. The van der Waals surface area contributed by atoms with Gasteiger partial charge in [0.1, 0.15) is 0 Å². The number of benzene rings is 1. The van der Waals surface area contributed by atoms with Crippen molar-refractivity contribution in [3.05, 3.63) is 23.8 Å². The van der Waals surface area contributed by atoms with Gasteiger partial charge in [-0.05, 0) is 31.0 Å². The van der Waals surface area contributed by atoms with E-state index in [1.165, 1.54) is 25.1 Å². The molecule has 0 atom stereocenters. The Kier molecular flexibility index (Phi) is 4.91. The maximum absolute atomic E-state index is 11.7. The number of rotatable bonds is 6. The number of anilines is 1. The van der Waals surface area contributed by atoms with Crippen molar-refractivity contribution in [3.63, 3.8) is 0 Å². The third kappa shape index (κ3) is 4.46. The molecule has 0 saturated heterocycles. The third-order valence-corrected chi connectivity index (χ3v) is 4.51. The molecule has 0 amide bonds. The van der Waals surface area contributed by atoms with Crippen molar-refractivity contribution in [1.29, 1.82) is 0 Å². The van der Waals surface area contributed by atoms with Crippen molar-refractivity contribution >= 4 is 25.9 Å². The molecule has 0 fully saturated rings. The largest absolute Gasteiger partial charge is 0.299 e. The first-order valence-electron chi connectivity index (χ1n) is 5.57. The van der Waals surface area contributed by atoms with E-state index in [0.29, 0.717) is 13.0 Å². The predicted molar refractivity (Wildman–Crippen MR) is 73.4 cm³/mol. The highest BCUT2D eigenvalue weighted by Gasteiger charge is 2.16. The smallest absolute Gasteiger partial charge is 0.271 e. The number of primary sulfonamides is 1. The molecular weight excluding hydrogens is 290 g/mol. The summed E-state index contributed by atoms with van der Waals surface area (Å²) < 4.78 is 50.6. The van der Waals surface area contributed by atoms with E-state index >= 15 is 0 Å². The van der Waals surface area contributed by atoms with Crippen LogP contribution in [0, 0.1) is 6.92 Å². The van der Waals surface area contributed by atoms with Crippen LogP contribution in [0.5, 0.6) is 0 Å². The minimum Gasteiger partial charge on any atom is -0.271 e. The molecular formula is C10H17N3O4S2. The van der Waals surface area contributed by atoms with Crippen LogP contribution in [0.4, 0.5) is 5.69 Å². The van der Waals surface area contributed by atoms with Crippen molar-refractivity contribution in [1.82, 2.24) is 4.72 Å². The maximum Gasteiger partial charge on any atom is 0.299 e. The fourth-order valence-electron chi connectivity index (χ4n) is 1.45. The van der Waals surface area contributed by atoms with Crippen LogP contribution in [-0.4, -0.2) is 23.4 Å². The van der Waals surface area contributed by atoms with E-state index in [0.717, 1.165) is 0 Å². The van der Waals surface area contributed by atoms with Gasteiger partial charge < -0.3 is 0 Å². The molecule has 0 unspecified atom stereocenters. The molecule has 1 aromatic carbocycles. The molecule has 19 heavy (non-hydrogen) atoms. The summed E-state index contributed by atoms with van der Waals surface area (Å²) in [5.74, 6) is 0. The molecule has 0 heterocycles. The van der Waals surface area contributed by atoms with Gasteiger partial charge >= 0.3 is 0 Å². The minimum atomic E-state index is -3.88. The summed E-state index contributed by atoms with van der Waals surface area (Å²) in [6.45, 7) is 3.61. The summed E-state index contributed by atoms with van der Waals surface area (Å²) in [4.78, 5) is -0.108. The maximum atomic E-state index is 11.7. The molecule has 108 valence electrons. The lowest BCUT2D eigenvalue weighted by Crippen LogP contribution is -2.31.